The fraction of sp³-hybridized carbons (Fsp3) is 0.391. The molecule has 0 saturated carbocycles. The number of oxime groups is 1. The molecule has 1 N–H and O–H groups in total. The number of alkyl carbamates (subject to hydrolysis) is 1. The van der Waals surface area contributed by atoms with Crippen LogP contribution < -0.4 is 10.1 Å². The minimum Gasteiger partial charge on any atom is -0.492 e. The van der Waals surface area contributed by atoms with Crippen LogP contribution in [0.5, 0.6) is 5.75 Å². The SMILES string of the molecule is O=C(NCCOc1ccccc1)OC1=NOC2(CCN(S(=O)(=O)c3cccc(C(F)(F)F)c3)CC2)C1. The first-order chi connectivity index (χ1) is 17.1. The maximum absolute atomic E-state index is 13.0. The number of nitrogens with one attached hydrogen (secondary N) is 1. The maximum atomic E-state index is 13.0. The van der Waals surface area contributed by atoms with Crippen molar-refractivity contribution in [3.05, 3.63) is 60.2 Å². The van der Waals surface area contributed by atoms with Crippen LogP contribution in [0.2, 0.25) is 0 Å². The first-order valence-corrected chi connectivity index (χ1v) is 12.6. The van der Waals surface area contributed by atoms with Crippen molar-refractivity contribution < 1.29 is 40.7 Å². The van der Waals surface area contributed by atoms with Gasteiger partial charge < -0.3 is 19.6 Å². The van der Waals surface area contributed by atoms with Crippen LogP contribution >= 0.6 is 0 Å². The van der Waals surface area contributed by atoms with Gasteiger partial charge in [-0.2, -0.15) is 17.5 Å². The van der Waals surface area contributed by atoms with Gasteiger partial charge in [-0.1, -0.05) is 29.4 Å². The molecule has 1 spiro atoms. The monoisotopic (exact) mass is 527 g/mol. The molecule has 0 aliphatic carbocycles. The summed E-state index contributed by atoms with van der Waals surface area (Å²) in [5.74, 6) is 0.732. The van der Waals surface area contributed by atoms with E-state index in [2.05, 4.69) is 10.5 Å². The van der Waals surface area contributed by atoms with Crippen molar-refractivity contribution >= 4 is 22.0 Å². The number of benzene rings is 2. The number of carbonyl (C=O) groups excluding carboxylic acids is 1. The summed E-state index contributed by atoms with van der Waals surface area (Å²) in [7, 11) is -4.12. The van der Waals surface area contributed by atoms with Gasteiger partial charge in [-0.25, -0.2) is 13.2 Å². The molecule has 1 fully saturated rings. The molecule has 0 atom stereocenters. The minimum atomic E-state index is -4.65. The van der Waals surface area contributed by atoms with Crippen LogP contribution in [0.4, 0.5) is 18.0 Å². The van der Waals surface area contributed by atoms with Crippen molar-refractivity contribution in [1.82, 2.24) is 9.62 Å². The van der Waals surface area contributed by atoms with Crippen molar-refractivity contribution in [1.29, 1.82) is 0 Å². The van der Waals surface area contributed by atoms with E-state index in [4.69, 9.17) is 14.3 Å². The van der Waals surface area contributed by atoms with Crippen molar-refractivity contribution in [2.45, 2.75) is 35.9 Å². The highest BCUT2D eigenvalue weighted by Gasteiger charge is 2.46. The predicted molar refractivity (Wildman–Crippen MR) is 122 cm³/mol. The molecular formula is C23H24F3N3O6S. The van der Waals surface area contributed by atoms with Gasteiger partial charge in [0.15, 0.2) is 0 Å². The molecule has 2 aromatic carbocycles. The molecule has 4 rings (SSSR count). The van der Waals surface area contributed by atoms with Gasteiger partial charge in [0.25, 0.3) is 0 Å². The van der Waals surface area contributed by atoms with E-state index in [1.54, 1.807) is 12.1 Å². The Bertz CT molecular complexity index is 1210. The molecule has 2 heterocycles. The largest absolute Gasteiger partial charge is 0.492 e. The van der Waals surface area contributed by atoms with E-state index < -0.39 is 38.4 Å². The van der Waals surface area contributed by atoms with E-state index >= 15 is 0 Å². The zero-order valence-electron chi connectivity index (χ0n) is 19.0. The first-order valence-electron chi connectivity index (χ1n) is 11.1. The van der Waals surface area contributed by atoms with Crippen LogP contribution in [0.1, 0.15) is 24.8 Å². The van der Waals surface area contributed by atoms with E-state index in [1.165, 1.54) is 0 Å². The molecule has 13 heteroatoms. The van der Waals surface area contributed by atoms with Crippen molar-refractivity contribution in [2.24, 2.45) is 5.16 Å². The Labute approximate surface area is 205 Å². The Hall–Kier alpha value is -3.32. The third-order valence-corrected chi connectivity index (χ3v) is 7.74. The lowest BCUT2D eigenvalue weighted by atomic mass is 9.89. The molecule has 2 aliphatic heterocycles. The van der Waals surface area contributed by atoms with E-state index in [0.29, 0.717) is 11.8 Å². The van der Waals surface area contributed by atoms with Gasteiger partial charge in [-0.05, 0) is 30.3 Å². The number of ether oxygens (including phenoxy) is 2. The highest BCUT2D eigenvalue weighted by molar-refractivity contribution is 7.89. The van der Waals surface area contributed by atoms with Crippen LogP contribution in [0.25, 0.3) is 0 Å². The molecule has 36 heavy (non-hydrogen) atoms. The number of amides is 1. The van der Waals surface area contributed by atoms with Gasteiger partial charge in [0, 0.05) is 25.9 Å². The second-order valence-electron chi connectivity index (χ2n) is 8.34. The summed E-state index contributed by atoms with van der Waals surface area (Å²) in [6.07, 6.45) is -4.75. The minimum absolute atomic E-state index is 0.0183. The van der Waals surface area contributed by atoms with Crippen LogP contribution in [0, 0.1) is 0 Å². The summed E-state index contributed by atoms with van der Waals surface area (Å²) in [6.45, 7) is 0.479. The number of para-hydroxylation sites is 1. The Balaban J connectivity index is 1.24. The molecule has 2 aliphatic rings. The average Bonchev–Trinajstić information content (AvgIpc) is 3.23. The fourth-order valence-electron chi connectivity index (χ4n) is 3.91. The molecule has 2 aromatic rings. The van der Waals surface area contributed by atoms with Gasteiger partial charge in [0.1, 0.15) is 18.0 Å². The van der Waals surface area contributed by atoms with E-state index in [0.717, 1.165) is 22.5 Å². The Morgan fingerprint density at radius 3 is 2.53 bits per heavy atom. The predicted octanol–water partition coefficient (Wildman–Crippen LogP) is 3.77. The molecule has 9 nitrogen and oxygen atoms in total. The zero-order valence-corrected chi connectivity index (χ0v) is 19.8. The molecule has 194 valence electrons. The topological polar surface area (TPSA) is 107 Å². The van der Waals surface area contributed by atoms with Crippen molar-refractivity contribution in [3.63, 3.8) is 0 Å². The molecule has 0 radical (unpaired) electrons. The van der Waals surface area contributed by atoms with Crippen molar-refractivity contribution in [2.75, 3.05) is 26.2 Å². The Morgan fingerprint density at radius 1 is 1.11 bits per heavy atom. The number of alkyl halides is 3. The van der Waals surface area contributed by atoms with E-state index in [9.17, 15) is 26.4 Å². The standard InChI is InChI=1S/C23H24F3N3O6S/c24-23(25,26)17-5-4-8-19(15-17)36(31,32)29-12-9-22(10-13-29)16-20(28-35-22)34-21(30)27-11-14-33-18-6-2-1-3-7-18/h1-8,15H,9-14,16H2,(H,27,30). The quantitative estimate of drug-likeness (QED) is 0.574. The van der Waals surface area contributed by atoms with Crippen LogP contribution in [0.15, 0.2) is 64.6 Å². The lowest BCUT2D eigenvalue weighted by Gasteiger charge is -2.36. The highest BCUT2D eigenvalue weighted by atomic mass is 32.2. The van der Waals surface area contributed by atoms with Gasteiger partial charge in [-0.3, -0.25) is 0 Å². The lowest BCUT2D eigenvalue weighted by molar-refractivity contribution is -0.137. The summed E-state index contributed by atoms with van der Waals surface area (Å²) < 4.78 is 76.6. The van der Waals surface area contributed by atoms with Crippen LogP contribution in [-0.2, 0) is 25.8 Å². The highest BCUT2D eigenvalue weighted by Crippen LogP contribution is 2.37. The van der Waals surface area contributed by atoms with Crippen LogP contribution in [0.3, 0.4) is 0 Å². The Kier molecular flexibility index (Phi) is 7.41. The second kappa shape index (κ2) is 10.3. The molecule has 1 amide bonds. The number of carbonyl (C=O) groups is 1. The summed E-state index contributed by atoms with van der Waals surface area (Å²) in [5.41, 5.74) is -1.87. The normalized spacial score (nSPS) is 17.8. The number of rotatable bonds is 6. The number of sulfonamides is 1. The summed E-state index contributed by atoms with van der Waals surface area (Å²) in [4.78, 5) is 17.1. The third kappa shape index (κ3) is 6.08. The number of nitrogens with zero attached hydrogens (tertiary/aromatic N) is 2. The zero-order chi connectivity index (χ0) is 25.8. The molecule has 1 saturated heterocycles. The molecular weight excluding hydrogens is 503 g/mol. The average molecular weight is 528 g/mol. The van der Waals surface area contributed by atoms with Crippen LogP contribution in [-0.4, -0.2) is 56.6 Å². The van der Waals surface area contributed by atoms with Gasteiger partial charge in [-0.15, -0.1) is 0 Å². The number of halogens is 3. The fourth-order valence-corrected chi connectivity index (χ4v) is 5.40. The third-order valence-electron chi connectivity index (χ3n) is 5.84. The van der Waals surface area contributed by atoms with E-state index in [-0.39, 0.29) is 51.4 Å². The number of piperidine rings is 1. The van der Waals surface area contributed by atoms with Gasteiger partial charge in [0.05, 0.1) is 23.4 Å². The van der Waals surface area contributed by atoms with E-state index in [1.807, 2.05) is 18.2 Å². The molecule has 0 aromatic heterocycles. The molecule has 0 unspecified atom stereocenters. The first kappa shape index (κ1) is 25.8. The summed E-state index contributed by atoms with van der Waals surface area (Å²) in [5, 5.41) is 6.36. The molecule has 0 bridgehead atoms. The smallest absolute Gasteiger partial charge is 0.416 e. The van der Waals surface area contributed by atoms with Gasteiger partial charge >= 0.3 is 12.3 Å². The van der Waals surface area contributed by atoms with Crippen molar-refractivity contribution in [3.8, 4) is 5.75 Å². The summed E-state index contributed by atoms with van der Waals surface area (Å²) >= 11 is 0. The lowest BCUT2D eigenvalue weighted by Crippen LogP contribution is -2.47. The number of hydrogen-bond donors (Lipinski definition) is 1. The number of hydrogen-bond acceptors (Lipinski definition) is 7. The second-order valence-corrected chi connectivity index (χ2v) is 10.3. The summed E-state index contributed by atoms with van der Waals surface area (Å²) in [6, 6.07) is 12.8. The maximum Gasteiger partial charge on any atom is 0.416 e. The van der Waals surface area contributed by atoms with Gasteiger partial charge in [0.2, 0.25) is 15.9 Å². The Morgan fingerprint density at radius 2 is 1.83 bits per heavy atom.